The van der Waals surface area contributed by atoms with Gasteiger partial charge in [0.1, 0.15) is 6.61 Å². The molecule has 2 aromatic rings. The number of halogens is 1. The third-order valence-electron chi connectivity index (χ3n) is 3.57. The van der Waals surface area contributed by atoms with Gasteiger partial charge in [-0.1, -0.05) is 42.5 Å². The van der Waals surface area contributed by atoms with Crippen molar-refractivity contribution in [2.24, 2.45) is 5.73 Å². The van der Waals surface area contributed by atoms with Crippen LogP contribution in [0.3, 0.4) is 0 Å². The summed E-state index contributed by atoms with van der Waals surface area (Å²) in [7, 11) is 0. The molecule has 0 unspecified atom stereocenters. The molecule has 0 heterocycles. The topological polar surface area (TPSA) is 93.5 Å². The summed E-state index contributed by atoms with van der Waals surface area (Å²) in [6, 6.07) is 16.6. The number of carbonyl (C=O) groups is 2. The second kappa shape index (κ2) is 11.9. The highest BCUT2D eigenvalue weighted by Gasteiger charge is 2.05. The average Bonchev–Trinajstić information content (AvgIpc) is 2.67. The van der Waals surface area contributed by atoms with Gasteiger partial charge >= 0.3 is 6.09 Å². The van der Waals surface area contributed by atoms with Gasteiger partial charge in [0.05, 0.1) is 0 Å². The molecule has 0 bridgehead atoms. The number of hydrogen-bond donors (Lipinski definition) is 3. The lowest BCUT2D eigenvalue weighted by Gasteiger charge is -2.08. The first-order valence-electron chi connectivity index (χ1n) is 8.21. The molecule has 2 rings (SSSR count). The van der Waals surface area contributed by atoms with E-state index in [0.29, 0.717) is 31.6 Å². The maximum atomic E-state index is 11.9. The molecule has 0 aliphatic carbocycles. The molecular weight excluding hydrogens is 354 g/mol. The molecular formula is C19H24ClN3O3. The second-order valence-electron chi connectivity index (χ2n) is 5.50. The number of carbonyl (C=O) groups excluding carboxylic acids is 2. The lowest BCUT2D eigenvalue weighted by molar-refractivity contribution is 0.0953. The van der Waals surface area contributed by atoms with E-state index in [4.69, 9.17) is 10.5 Å². The van der Waals surface area contributed by atoms with Gasteiger partial charge in [0.2, 0.25) is 0 Å². The van der Waals surface area contributed by atoms with Gasteiger partial charge in [0.15, 0.2) is 0 Å². The van der Waals surface area contributed by atoms with Gasteiger partial charge in [0, 0.05) is 25.2 Å². The predicted molar refractivity (Wildman–Crippen MR) is 103 cm³/mol. The Bertz CT molecular complexity index is 678. The lowest BCUT2D eigenvalue weighted by atomic mass is 10.1. The Kier molecular flexibility index (Phi) is 9.82. The summed E-state index contributed by atoms with van der Waals surface area (Å²) in [5.41, 5.74) is 8.03. The van der Waals surface area contributed by atoms with Crippen LogP contribution in [0.4, 0.5) is 4.79 Å². The molecule has 0 spiro atoms. The number of ether oxygens (including phenoxy) is 1. The van der Waals surface area contributed by atoms with Crippen LogP contribution >= 0.6 is 12.4 Å². The fourth-order valence-corrected chi connectivity index (χ4v) is 2.15. The molecule has 2 amide bonds. The summed E-state index contributed by atoms with van der Waals surface area (Å²) in [6.45, 7) is 1.59. The predicted octanol–water partition coefficient (Wildman–Crippen LogP) is 2.61. The quantitative estimate of drug-likeness (QED) is 0.616. The van der Waals surface area contributed by atoms with Crippen molar-refractivity contribution < 1.29 is 14.3 Å². The Hall–Kier alpha value is -2.57. The van der Waals surface area contributed by atoms with E-state index in [9.17, 15) is 9.59 Å². The standard InChI is InChI=1S/C19H23N3O3.ClH/c20-13-15-7-9-17(10-8-15)18(23)21-11-4-12-22-19(24)25-14-16-5-2-1-3-6-16;/h1-3,5-10H,4,11-14,20H2,(H,21,23)(H,22,24);1H. The van der Waals surface area contributed by atoms with Crippen molar-refractivity contribution in [3.63, 3.8) is 0 Å². The molecule has 26 heavy (non-hydrogen) atoms. The summed E-state index contributed by atoms with van der Waals surface area (Å²) in [6.07, 6.45) is 0.153. The number of alkyl carbamates (subject to hydrolysis) is 1. The van der Waals surface area contributed by atoms with E-state index in [0.717, 1.165) is 11.1 Å². The van der Waals surface area contributed by atoms with E-state index in [2.05, 4.69) is 10.6 Å². The van der Waals surface area contributed by atoms with E-state index < -0.39 is 6.09 Å². The van der Waals surface area contributed by atoms with Crippen LogP contribution in [0.15, 0.2) is 54.6 Å². The fourth-order valence-electron chi connectivity index (χ4n) is 2.15. The normalized spacial score (nSPS) is 9.73. The molecule has 0 aliphatic rings. The Labute approximate surface area is 159 Å². The van der Waals surface area contributed by atoms with E-state index in [-0.39, 0.29) is 24.9 Å². The monoisotopic (exact) mass is 377 g/mol. The third-order valence-corrected chi connectivity index (χ3v) is 3.57. The Morgan fingerprint density at radius 3 is 2.19 bits per heavy atom. The minimum atomic E-state index is -0.465. The van der Waals surface area contributed by atoms with Crippen LogP contribution in [0, 0.1) is 0 Å². The molecule has 0 saturated carbocycles. The summed E-state index contributed by atoms with van der Waals surface area (Å²) >= 11 is 0. The van der Waals surface area contributed by atoms with E-state index in [1.807, 2.05) is 42.5 Å². The Balaban J connectivity index is 0.00000338. The molecule has 6 nitrogen and oxygen atoms in total. The number of nitrogens with one attached hydrogen (secondary N) is 2. The molecule has 4 N–H and O–H groups in total. The second-order valence-corrected chi connectivity index (χ2v) is 5.50. The van der Waals surface area contributed by atoms with E-state index in [1.54, 1.807) is 12.1 Å². The average molecular weight is 378 g/mol. The van der Waals surface area contributed by atoms with Crippen LogP contribution in [-0.4, -0.2) is 25.1 Å². The van der Waals surface area contributed by atoms with Crippen LogP contribution < -0.4 is 16.4 Å². The zero-order valence-electron chi connectivity index (χ0n) is 14.4. The minimum absolute atomic E-state index is 0. The number of hydrogen-bond acceptors (Lipinski definition) is 4. The molecule has 7 heteroatoms. The lowest BCUT2D eigenvalue weighted by Crippen LogP contribution is -2.30. The van der Waals surface area contributed by atoms with Gasteiger partial charge in [-0.05, 0) is 29.7 Å². The maximum absolute atomic E-state index is 11.9. The van der Waals surface area contributed by atoms with Crippen LogP contribution in [0.2, 0.25) is 0 Å². The van der Waals surface area contributed by atoms with Crippen LogP contribution in [0.1, 0.15) is 27.9 Å². The van der Waals surface area contributed by atoms with Crippen LogP contribution in [0.5, 0.6) is 0 Å². The first-order valence-corrected chi connectivity index (χ1v) is 8.21. The van der Waals surface area contributed by atoms with Crippen molar-refractivity contribution in [3.8, 4) is 0 Å². The smallest absolute Gasteiger partial charge is 0.407 e. The van der Waals surface area contributed by atoms with Gasteiger partial charge in [-0.15, -0.1) is 12.4 Å². The molecule has 140 valence electrons. The van der Waals surface area contributed by atoms with Gasteiger partial charge in [0.25, 0.3) is 5.91 Å². The van der Waals surface area contributed by atoms with Crippen molar-refractivity contribution in [1.29, 1.82) is 0 Å². The van der Waals surface area contributed by atoms with Crippen molar-refractivity contribution in [2.75, 3.05) is 13.1 Å². The van der Waals surface area contributed by atoms with Crippen molar-refractivity contribution in [2.45, 2.75) is 19.6 Å². The van der Waals surface area contributed by atoms with E-state index >= 15 is 0 Å². The molecule has 0 atom stereocenters. The highest BCUT2D eigenvalue weighted by atomic mass is 35.5. The third kappa shape index (κ3) is 7.55. The fraction of sp³-hybridized carbons (Fsp3) is 0.263. The minimum Gasteiger partial charge on any atom is -0.445 e. The van der Waals surface area contributed by atoms with Crippen LogP contribution in [0.25, 0.3) is 0 Å². The van der Waals surface area contributed by atoms with E-state index in [1.165, 1.54) is 0 Å². The summed E-state index contributed by atoms with van der Waals surface area (Å²) in [5, 5.41) is 5.46. The number of amides is 2. The summed E-state index contributed by atoms with van der Waals surface area (Å²) < 4.78 is 5.10. The molecule has 2 aromatic carbocycles. The number of benzene rings is 2. The Morgan fingerprint density at radius 2 is 1.54 bits per heavy atom. The molecule has 0 saturated heterocycles. The molecule has 0 fully saturated rings. The highest BCUT2D eigenvalue weighted by Crippen LogP contribution is 2.03. The summed E-state index contributed by atoms with van der Waals surface area (Å²) in [5.74, 6) is -0.143. The molecule has 0 aromatic heterocycles. The Morgan fingerprint density at radius 1 is 0.885 bits per heavy atom. The first-order chi connectivity index (χ1) is 12.2. The zero-order valence-corrected chi connectivity index (χ0v) is 15.3. The largest absolute Gasteiger partial charge is 0.445 e. The van der Waals surface area contributed by atoms with Gasteiger partial charge < -0.3 is 21.1 Å². The highest BCUT2D eigenvalue weighted by molar-refractivity contribution is 5.94. The first kappa shape index (κ1) is 21.5. The number of rotatable bonds is 8. The SMILES string of the molecule is Cl.NCc1ccc(C(=O)NCCCNC(=O)OCc2ccccc2)cc1. The molecule has 0 radical (unpaired) electrons. The van der Waals surface area contributed by atoms with Crippen LogP contribution in [-0.2, 0) is 17.9 Å². The van der Waals surface area contributed by atoms with Crippen molar-refractivity contribution in [1.82, 2.24) is 10.6 Å². The zero-order chi connectivity index (χ0) is 17.9. The van der Waals surface area contributed by atoms with Gasteiger partial charge in [-0.3, -0.25) is 4.79 Å². The maximum Gasteiger partial charge on any atom is 0.407 e. The number of nitrogens with two attached hydrogens (primary N) is 1. The van der Waals surface area contributed by atoms with Crippen molar-refractivity contribution >= 4 is 24.4 Å². The van der Waals surface area contributed by atoms with Gasteiger partial charge in [-0.2, -0.15) is 0 Å². The molecule has 0 aliphatic heterocycles. The summed E-state index contributed by atoms with van der Waals surface area (Å²) in [4.78, 5) is 23.5. The van der Waals surface area contributed by atoms with Gasteiger partial charge in [-0.25, -0.2) is 4.79 Å². The van der Waals surface area contributed by atoms with Crippen molar-refractivity contribution in [3.05, 3.63) is 71.3 Å².